The number of rotatable bonds is 3. The summed E-state index contributed by atoms with van der Waals surface area (Å²) >= 11 is 5.98. The molecule has 136 valence electrons. The Morgan fingerprint density at radius 2 is 1.81 bits per heavy atom. The molecule has 1 unspecified atom stereocenters. The standard InChI is InChI=1S/C20H22ClN3O2/c1-12-5-7-17(8-14(12)3)24-11-16(10-19(24)25)22-20(26)23-18-9-15(21)6-4-13(18)2/h4-9,16H,10-11H2,1-3H3,(H2,22,23,26). The predicted molar refractivity (Wildman–Crippen MR) is 105 cm³/mol. The first-order chi connectivity index (χ1) is 12.3. The van der Waals surface area contributed by atoms with Crippen LogP contribution in [-0.2, 0) is 4.79 Å². The van der Waals surface area contributed by atoms with Gasteiger partial charge in [0.25, 0.3) is 0 Å². The zero-order chi connectivity index (χ0) is 18.8. The van der Waals surface area contributed by atoms with Crippen LogP contribution in [0.2, 0.25) is 5.02 Å². The first-order valence-corrected chi connectivity index (χ1v) is 8.92. The van der Waals surface area contributed by atoms with Crippen LogP contribution in [0.25, 0.3) is 0 Å². The summed E-state index contributed by atoms with van der Waals surface area (Å²) in [6, 6.07) is 10.7. The number of hydrogen-bond donors (Lipinski definition) is 2. The molecule has 0 spiro atoms. The number of carbonyl (C=O) groups is 2. The van der Waals surface area contributed by atoms with E-state index in [9.17, 15) is 9.59 Å². The van der Waals surface area contributed by atoms with E-state index in [0.717, 1.165) is 16.8 Å². The van der Waals surface area contributed by atoms with Gasteiger partial charge in [0, 0.05) is 29.4 Å². The summed E-state index contributed by atoms with van der Waals surface area (Å²) in [5.74, 6) is 0.0116. The third-order valence-electron chi connectivity index (χ3n) is 4.71. The number of benzene rings is 2. The number of nitrogens with one attached hydrogen (secondary N) is 2. The third kappa shape index (κ3) is 3.99. The number of aryl methyl sites for hydroxylation is 3. The van der Waals surface area contributed by atoms with Gasteiger partial charge in [-0.3, -0.25) is 4.79 Å². The second-order valence-electron chi connectivity index (χ2n) is 6.73. The van der Waals surface area contributed by atoms with Crippen molar-refractivity contribution in [1.82, 2.24) is 5.32 Å². The molecular weight excluding hydrogens is 350 g/mol. The van der Waals surface area contributed by atoms with Crippen LogP contribution in [0.4, 0.5) is 16.2 Å². The Labute approximate surface area is 158 Å². The van der Waals surface area contributed by atoms with Crippen LogP contribution in [0.3, 0.4) is 0 Å². The number of urea groups is 1. The van der Waals surface area contributed by atoms with Gasteiger partial charge in [-0.2, -0.15) is 0 Å². The summed E-state index contributed by atoms with van der Waals surface area (Å²) in [6.07, 6.45) is 0.287. The highest BCUT2D eigenvalue weighted by atomic mass is 35.5. The van der Waals surface area contributed by atoms with E-state index in [1.165, 1.54) is 5.56 Å². The molecule has 1 atom stereocenters. The fourth-order valence-electron chi connectivity index (χ4n) is 3.02. The number of hydrogen-bond acceptors (Lipinski definition) is 2. The Bertz CT molecular complexity index is 866. The van der Waals surface area contributed by atoms with Crippen molar-refractivity contribution in [2.75, 3.05) is 16.8 Å². The maximum atomic E-state index is 12.4. The monoisotopic (exact) mass is 371 g/mol. The van der Waals surface area contributed by atoms with Crippen molar-refractivity contribution < 1.29 is 9.59 Å². The average molecular weight is 372 g/mol. The van der Waals surface area contributed by atoms with Gasteiger partial charge in [-0.05, 0) is 61.7 Å². The summed E-state index contributed by atoms with van der Waals surface area (Å²) in [7, 11) is 0. The lowest BCUT2D eigenvalue weighted by atomic mass is 10.1. The van der Waals surface area contributed by atoms with E-state index in [1.54, 1.807) is 17.0 Å². The lowest BCUT2D eigenvalue weighted by molar-refractivity contribution is -0.117. The maximum Gasteiger partial charge on any atom is 0.319 e. The van der Waals surface area contributed by atoms with Crippen LogP contribution in [0.5, 0.6) is 0 Å². The van der Waals surface area contributed by atoms with Crippen molar-refractivity contribution in [1.29, 1.82) is 0 Å². The highest BCUT2D eigenvalue weighted by Gasteiger charge is 2.31. The molecule has 3 rings (SSSR count). The zero-order valence-corrected chi connectivity index (χ0v) is 15.9. The molecule has 2 aromatic carbocycles. The Kier molecular flexibility index (Phi) is 5.18. The third-order valence-corrected chi connectivity index (χ3v) is 4.95. The SMILES string of the molecule is Cc1ccc(N2CC(NC(=O)Nc3cc(Cl)ccc3C)CC2=O)cc1C. The molecule has 3 amide bonds. The molecule has 5 nitrogen and oxygen atoms in total. The number of halogens is 1. The Balaban J connectivity index is 1.64. The Morgan fingerprint density at radius 1 is 1.08 bits per heavy atom. The van der Waals surface area contributed by atoms with E-state index in [-0.39, 0.29) is 24.4 Å². The van der Waals surface area contributed by atoms with Gasteiger partial charge in [0.2, 0.25) is 5.91 Å². The van der Waals surface area contributed by atoms with Crippen molar-refractivity contribution in [3.05, 3.63) is 58.1 Å². The molecule has 6 heteroatoms. The lowest BCUT2D eigenvalue weighted by Crippen LogP contribution is -2.39. The lowest BCUT2D eigenvalue weighted by Gasteiger charge is -2.19. The van der Waals surface area contributed by atoms with E-state index >= 15 is 0 Å². The van der Waals surface area contributed by atoms with Crippen LogP contribution in [0.15, 0.2) is 36.4 Å². The van der Waals surface area contributed by atoms with Gasteiger partial charge in [-0.25, -0.2) is 4.79 Å². The molecule has 0 radical (unpaired) electrons. The highest BCUT2D eigenvalue weighted by Crippen LogP contribution is 2.24. The minimum atomic E-state index is -0.338. The molecule has 2 N–H and O–H groups in total. The van der Waals surface area contributed by atoms with Gasteiger partial charge in [-0.1, -0.05) is 23.7 Å². The van der Waals surface area contributed by atoms with Crippen LogP contribution in [0, 0.1) is 20.8 Å². The first kappa shape index (κ1) is 18.3. The summed E-state index contributed by atoms with van der Waals surface area (Å²) in [5, 5.41) is 6.23. The molecule has 0 aliphatic carbocycles. The Morgan fingerprint density at radius 3 is 2.54 bits per heavy atom. The maximum absolute atomic E-state index is 12.4. The van der Waals surface area contributed by atoms with Crippen LogP contribution in [-0.4, -0.2) is 24.5 Å². The number of anilines is 2. The van der Waals surface area contributed by atoms with Gasteiger partial charge in [0.15, 0.2) is 0 Å². The van der Waals surface area contributed by atoms with Crippen molar-refractivity contribution in [2.24, 2.45) is 0 Å². The van der Waals surface area contributed by atoms with Crippen molar-refractivity contribution in [3.8, 4) is 0 Å². The molecule has 1 saturated heterocycles. The second kappa shape index (κ2) is 7.38. The molecule has 1 fully saturated rings. The molecule has 26 heavy (non-hydrogen) atoms. The molecule has 2 aromatic rings. The molecule has 1 aliphatic rings. The first-order valence-electron chi connectivity index (χ1n) is 8.55. The summed E-state index contributed by atoms with van der Waals surface area (Å²) in [6.45, 7) is 6.42. The van der Waals surface area contributed by atoms with Crippen LogP contribution < -0.4 is 15.5 Å². The van der Waals surface area contributed by atoms with Crippen LogP contribution >= 0.6 is 11.6 Å². The summed E-state index contributed by atoms with van der Waals surface area (Å²) in [5.41, 5.74) is 4.77. The molecule has 0 bridgehead atoms. The number of carbonyl (C=O) groups excluding carboxylic acids is 2. The number of nitrogens with zero attached hydrogens (tertiary/aromatic N) is 1. The van der Waals surface area contributed by atoms with E-state index in [1.807, 2.05) is 45.0 Å². The van der Waals surface area contributed by atoms with Crippen molar-refractivity contribution in [2.45, 2.75) is 33.2 Å². The fraction of sp³-hybridized carbons (Fsp3) is 0.300. The fourth-order valence-corrected chi connectivity index (χ4v) is 3.19. The molecule has 0 saturated carbocycles. The smallest absolute Gasteiger partial charge is 0.319 e. The molecule has 0 aromatic heterocycles. The normalized spacial score (nSPS) is 16.7. The quantitative estimate of drug-likeness (QED) is 0.849. The van der Waals surface area contributed by atoms with Gasteiger partial charge in [0.1, 0.15) is 0 Å². The second-order valence-corrected chi connectivity index (χ2v) is 7.17. The topological polar surface area (TPSA) is 61.4 Å². The van der Waals surface area contributed by atoms with E-state index in [2.05, 4.69) is 10.6 Å². The minimum absolute atomic E-state index is 0.0116. The number of amides is 3. The molecule has 1 heterocycles. The zero-order valence-electron chi connectivity index (χ0n) is 15.1. The van der Waals surface area contributed by atoms with Gasteiger partial charge < -0.3 is 15.5 Å². The van der Waals surface area contributed by atoms with Gasteiger partial charge >= 0.3 is 6.03 Å². The predicted octanol–water partition coefficient (Wildman–Crippen LogP) is 4.19. The Hall–Kier alpha value is -2.53. The van der Waals surface area contributed by atoms with E-state index < -0.39 is 0 Å². The van der Waals surface area contributed by atoms with Gasteiger partial charge in [0.05, 0.1) is 6.04 Å². The van der Waals surface area contributed by atoms with Crippen molar-refractivity contribution >= 4 is 34.9 Å². The summed E-state index contributed by atoms with van der Waals surface area (Å²) < 4.78 is 0. The minimum Gasteiger partial charge on any atom is -0.333 e. The largest absolute Gasteiger partial charge is 0.333 e. The molecular formula is C20H22ClN3O2. The van der Waals surface area contributed by atoms with Crippen LogP contribution in [0.1, 0.15) is 23.1 Å². The van der Waals surface area contributed by atoms with Gasteiger partial charge in [-0.15, -0.1) is 0 Å². The van der Waals surface area contributed by atoms with Crippen molar-refractivity contribution in [3.63, 3.8) is 0 Å². The highest BCUT2D eigenvalue weighted by molar-refractivity contribution is 6.31. The molecule has 1 aliphatic heterocycles. The van der Waals surface area contributed by atoms with E-state index in [4.69, 9.17) is 11.6 Å². The van der Waals surface area contributed by atoms with E-state index in [0.29, 0.717) is 17.3 Å². The average Bonchev–Trinajstić information content (AvgIpc) is 2.93. The summed E-state index contributed by atoms with van der Waals surface area (Å²) in [4.78, 5) is 26.4.